The fourth-order valence-corrected chi connectivity index (χ4v) is 28.5. The minimum atomic E-state index is -3.95. The van der Waals surface area contributed by atoms with Gasteiger partial charge in [-0.2, -0.15) is 4.99 Å². The van der Waals surface area contributed by atoms with Gasteiger partial charge in [0.2, 0.25) is 6.08 Å². The first-order chi connectivity index (χ1) is 52.0. The molecule has 0 amide bonds. The Hall–Kier alpha value is -7.01. The van der Waals surface area contributed by atoms with E-state index < -0.39 is 19.1 Å². The Labute approximate surface area is 658 Å². The third-order valence-electron chi connectivity index (χ3n) is 33.2. The molecule has 0 spiro atoms. The predicted octanol–water partition coefficient (Wildman–Crippen LogP) is 24.4. The Kier molecular flexibility index (Phi) is 24.5. The topological polar surface area (TPSA) is 207 Å². The van der Waals surface area contributed by atoms with Gasteiger partial charge < -0.3 is 28.5 Å². The fraction of sp³-hybridized carbons (Fsp3) is 0.638. The number of allylic oxidation sites excluding steroid dienone is 4. The maximum absolute atomic E-state index is 12.9. The summed E-state index contributed by atoms with van der Waals surface area (Å²) in [6, 6.07) is 33.0. The van der Waals surface area contributed by atoms with Gasteiger partial charge in [0.15, 0.2) is 0 Å². The van der Waals surface area contributed by atoms with Crippen LogP contribution < -0.4 is 9.05 Å². The number of methoxy groups -OCH3 is 2. The van der Waals surface area contributed by atoms with E-state index in [4.69, 9.17) is 24.1 Å². The smallest absolute Gasteiger partial charge is 0.481 e. The number of rotatable bonds is 16. The monoisotopic (exact) mass is 1520 g/mol. The third-order valence-corrected chi connectivity index (χ3v) is 34.3. The van der Waals surface area contributed by atoms with Crippen LogP contribution in [0.2, 0.25) is 0 Å². The molecule has 4 aromatic carbocycles. The summed E-state index contributed by atoms with van der Waals surface area (Å²) in [6.45, 7) is 49.0. The SMILES string of the molecule is C=C(C)[C@@H]1CC[C@]2(C(=O)O)CC[C@]3(C)[C@H](CC[C@@H]4[C@@]5(C)CC=C(c6ccc(C(=O)OC)cc6)C(C)(C)[C@@H]5CC[C@]43C)[C@@H]12.C=C(C)[C@@H]1CC[C@]2(N=C=O)CC[C@]3(C)[C@H](CC[C@@H]4[C@@]5(C)CCC(c6ccc(C(=O)OC)cc6)C(C)(C)[C@@H]5CC[C@]43C)[C@@H]12.CCN(CC)CC.[N-]=[N+]=NP(=O)(Oc1ccccc1)Oc1ccccc1. The molecule has 110 heavy (non-hydrogen) atoms. The average Bonchev–Trinajstić information content (AvgIpc) is 1.06. The molecule has 10 aliphatic carbocycles. The molecule has 15 nitrogen and oxygen atoms in total. The second kappa shape index (κ2) is 32.1. The maximum Gasteiger partial charge on any atom is 0.525 e. The normalized spacial score (nSPS) is 36.4. The van der Waals surface area contributed by atoms with Crippen LogP contribution in [0.5, 0.6) is 11.5 Å². The molecule has 16 heteroatoms. The number of aliphatic imine (C=N–C) groups is 1. The number of aliphatic carboxylic acids is 1. The Morgan fingerprint density at radius 2 is 1.05 bits per heavy atom. The van der Waals surface area contributed by atoms with Gasteiger partial charge in [-0.3, -0.25) is 4.79 Å². The molecule has 596 valence electrons. The van der Waals surface area contributed by atoms with Crippen LogP contribution in [0.15, 0.2) is 149 Å². The molecular formula is C94H130N5O10P. The van der Waals surface area contributed by atoms with E-state index in [-0.39, 0.29) is 61.3 Å². The molecule has 9 saturated carbocycles. The highest BCUT2D eigenvalue weighted by Crippen LogP contribution is 2.80. The lowest BCUT2D eigenvalue weighted by atomic mass is 9.32. The highest BCUT2D eigenvalue weighted by atomic mass is 31.2. The summed E-state index contributed by atoms with van der Waals surface area (Å²) in [6.07, 6.45) is 26.0. The Morgan fingerprint density at radius 1 is 0.564 bits per heavy atom. The standard InChI is InChI=1S/C38H53NO3.C38H52O4.C12H10N3O3P.C6H15N/c1-24(2)27-15-20-38(39-23-40)22-21-36(6)29(32(27)38)13-14-31-35(5)18-16-28(25-9-11-26(12-10-25)33(41)42-8)34(3,4)30(35)17-19-37(31,36)7;1-23(2)26-15-20-38(33(40)41)22-21-36(6)28(31(26)38)13-14-30-35(5)18-16-27(24-9-11-25(12-10-24)32(39)42-8)34(3,4)29(35)17-19-37(30,36)7;13-14-15-19(16,17-11-7-3-1-4-8-11)18-12-9-5-2-6-10-12;1-4-7(5-2)6-3/h9-12,27-32H,1,13-22H2,2-8H3;9-12,16,26,28-31H,1,13-15,17-22H2,2-8H3,(H,40,41);1-10H;4-6H2,1-3H3/t27-,28?,29+,30-,31+,32+,35-,36+,37+,38-;26-,28+,29-,30+,31+,35-,36+,37+,38-;;/m00../s1. The molecule has 19 atom stereocenters. The Bertz CT molecular complexity index is 4150. The first-order valence-electron chi connectivity index (χ1n) is 41.6. The third kappa shape index (κ3) is 14.4. The highest BCUT2D eigenvalue weighted by molar-refractivity contribution is 7.53. The quantitative estimate of drug-likeness (QED) is 0.0163. The lowest BCUT2D eigenvalue weighted by Crippen LogP contribution is -2.66. The number of fused-ring (bicyclic) bond motifs is 14. The van der Waals surface area contributed by atoms with Crippen LogP contribution in [0.25, 0.3) is 16.0 Å². The highest BCUT2D eigenvalue weighted by Gasteiger charge is 2.74. The molecule has 0 aromatic heterocycles. The number of carbonyl (C=O) groups is 3. The van der Waals surface area contributed by atoms with Crippen LogP contribution in [0, 0.1) is 108 Å². The van der Waals surface area contributed by atoms with Crippen molar-refractivity contribution in [3.8, 4) is 11.5 Å². The van der Waals surface area contributed by atoms with Gasteiger partial charge >= 0.3 is 25.7 Å². The van der Waals surface area contributed by atoms with E-state index in [1.165, 1.54) is 126 Å². The second-order valence-electron chi connectivity index (χ2n) is 37.9. The number of hydrogen-bond donors (Lipinski definition) is 1. The average molecular weight is 1520 g/mol. The van der Waals surface area contributed by atoms with Crippen molar-refractivity contribution in [2.45, 2.75) is 237 Å². The van der Waals surface area contributed by atoms with Crippen molar-refractivity contribution in [1.29, 1.82) is 0 Å². The zero-order chi connectivity index (χ0) is 80.0. The number of esters is 2. The summed E-state index contributed by atoms with van der Waals surface area (Å²) >= 11 is 0. The number of carboxylic acids is 1. The van der Waals surface area contributed by atoms with E-state index in [2.05, 4.69) is 167 Å². The van der Waals surface area contributed by atoms with Gasteiger partial charge in [-0.1, -0.05) is 181 Å². The van der Waals surface area contributed by atoms with Gasteiger partial charge in [-0.15, -0.1) is 0 Å². The van der Waals surface area contributed by atoms with Gasteiger partial charge in [-0.05, 0) is 335 Å². The lowest BCUT2D eigenvalue weighted by molar-refractivity contribution is -0.232. The predicted molar refractivity (Wildman–Crippen MR) is 440 cm³/mol. The number of nitrogens with zero attached hydrogens (tertiary/aromatic N) is 5. The largest absolute Gasteiger partial charge is 0.525 e. The Balaban J connectivity index is 0.000000166. The molecule has 9 fully saturated rings. The van der Waals surface area contributed by atoms with E-state index >= 15 is 0 Å². The van der Waals surface area contributed by atoms with Crippen LogP contribution >= 0.6 is 7.75 Å². The number of isocyanates is 1. The van der Waals surface area contributed by atoms with Crippen LogP contribution in [0.3, 0.4) is 0 Å². The van der Waals surface area contributed by atoms with Gasteiger partial charge in [-0.25, -0.2) is 18.9 Å². The molecule has 10 aliphatic rings. The first-order valence-corrected chi connectivity index (χ1v) is 43.1. The van der Waals surface area contributed by atoms with Crippen LogP contribution in [-0.4, -0.2) is 73.4 Å². The molecule has 0 heterocycles. The van der Waals surface area contributed by atoms with Crippen molar-refractivity contribution < 1.29 is 47.4 Å². The van der Waals surface area contributed by atoms with Gasteiger partial charge in [0, 0.05) is 9.80 Å². The number of azide groups is 1. The molecular weight excluding hydrogens is 1390 g/mol. The molecule has 0 bridgehead atoms. The van der Waals surface area contributed by atoms with Crippen molar-refractivity contribution in [3.63, 3.8) is 0 Å². The van der Waals surface area contributed by atoms with Crippen molar-refractivity contribution in [1.82, 2.24) is 4.90 Å². The zero-order valence-corrected chi connectivity index (χ0v) is 70.5. The summed E-state index contributed by atoms with van der Waals surface area (Å²) in [4.78, 5) is 61.4. The molecule has 0 aliphatic heterocycles. The van der Waals surface area contributed by atoms with Crippen LogP contribution in [-0.2, 0) is 23.6 Å². The molecule has 0 radical (unpaired) electrons. The van der Waals surface area contributed by atoms with E-state index in [1.54, 1.807) is 60.7 Å². The number of para-hydroxylation sites is 2. The number of ether oxygens (including phenoxy) is 2. The van der Waals surface area contributed by atoms with Crippen molar-refractivity contribution >= 4 is 37.3 Å². The number of benzene rings is 4. The maximum atomic E-state index is 12.9. The number of carboxylic acid groups (broad SMARTS) is 1. The molecule has 4 aromatic rings. The van der Waals surface area contributed by atoms with Crippen molar-refractivity contribution in [3.05, 3.63) is 172 Å². The van der Waals surface area contributed by atoms with Gasteiger partial charge in [0.25, 0.3) is 0 Å². The van der Waals surface area contributed by atoms with E-state index in [1.807, 2.05) is 30.3 Å². The minimum absolute atomic E-state index is 0.0143. The zero-order valence-electron chi connectivity index (χ0n) is 69.6. The fourth-order valence-electron chi connectivity index (χ4n) is 27.5. The number of carbonyl (C=O) groups excluding carboxylic acids is 3. The molecule has 1 N–H and O–H groups in total. The van der Waals surface area contributed by atoms with Crippen LogP contribution in [0.4, 0.5) is 0 Å². The summed E-state index contributed by atoms with van der Waals surface area (Å²) in [5, 5.41) is 10.6. The van der Waals surface area contributed by atoms with Crippen LogP contribution in [0.1, 0.15) is 264 Å². The lowest BCUT2D eigenvalue weighted by Gasteiger charge is -2.73. The van der Waals surface area contributed by atoms with Gasteiger partial charge in [0.05, 0.1) is 36.3 Å². The molecule has 14 rings (SSSR count). The number of hydrogen-bond acceptors (Lipinski definition) is 11. The summed E-state index contributed by atoms with van der Waals surface area (Å²) in [7, 11) is -1.08. The second-order valence-corrected chi connectivity index (χ2v) is 39.3. The van der Waals surface area contributed by atoms with E-state index in [0.717, 1.165) is 57.8 Å². The van der Waals surface area contributed by atoms with E-state index in [9.17, 15) is 28.8 Å². The first kappa shape index (κ1) is 83.9. The minimum Gasteiger partial charge on any atom is -0.481 e. The van der Waals surface area contributed by atoms with Crippen molar-refractivity contribution in [2.24, 2.45) is 118 Å². The summed E-state index contributed by atoms with van der Waals surface area (Å²) in [5.41, 5.74) is 17.0. The Morgan fingerprint density at radius 3 is 1.53 bits per heavy atom. The van der Waals surface area contributed by atoms with Crippen molar-refractivity contribution in [2.75, 3.05) is 33.9 Å². The van der Waals surface area contributed by atoms with E-state index in [0.29, 0.717) is 87.2 Å². The molecule has 1 unspecified atom stereocenters. The molecule has 0 saturated heterocycles. The summed E-state index contributed by atoms with van der Waals surface area (Å²) in [5.74, 6) is 5.03. The van der Waals surface area contributed by atoms with Gasteiger partial charge in [0.1, 0.15) is 11.5 Å². The summed E-state index contributed by atoms with van der Waals surface area (Å²) < 4.78 is 32.5.